The van der Waals surface area contributed by atoms with Gasteiger partial charge in [-0.2, -0.15) is 0 Å². The highest BCUT2D eigenvalue weighted by Gasteiger charge is 2.11. The van der Waals surface area contributed by atoms with Crippen LogP contribution in [0.25, 0.3) is 0 Å². The lowest BCUT2D eigenvalue weighted by Crippen LogP contribution is -2.28. The van der Waals surface area contributed by atoms with Crippen molar-refractivity contribution >= 4 is 11.7 Å². The van der Waals surface area contributed by atoms with E-state index in [1.807, 2.05) is 30.3 Å². The van der Waals surface area contributed by atoms with Crippen LogP contribution >= 0.6 is 0 Å². The summed E-state index contributed by atoms with van der Waals surface area (Å²) in [4.78, 5) is 23.2. The average Bonchev–Trinajstić information content (AvgIpc) is 2.52. The smallest absolute Gasteiger partial charge is 0.258 e. The number of Topliss-reactive ketones (excluding diaryl/α,β-unsaturated/α-hetero) is 1. The van der Waals surface area contributed by atoms with Crippen LogP contribution in [0.5, 0.6) is 5.75 Å². The molecule has 1 N–H and O–H groups in total. The van der Waals surface area contributed by atoms with Crippen molar-refractivity contribution in [3.05, 3.63) is 65.5 Å². The van der Waals surface area contributed by atoms with Gasteiger partial charge in [0.2, 0.25) is 0 Å². The molecule has 4 nitrogen and oxygen atoms in total. The van der Waals surface area contributed by atoms with Crippen LogP contribution in [0.1, 0.15) is 22.8 Å². The quantitative estimate of drug-likeness (QED) is 0.835. The molecule has 0 saturated heterocycles. The van der Waals surface area contributed by atoms with Gasteiger partial charge in [0, 0.05) is 6.54 Å². The Morgan fingerprint density at radius 1 is 1.14 bits per heavy atom. The Morgan fingerprint density at radius 2 is 1.86 bits per heavy atom. The van der Waals surface area contributed by atoms with Crippen LogP contribution in [0, 0.1) is 5.82 Å². The fraction of sp³-hybridized carbons (Fsp3) is 0.176. The lowest BCUT2D eigenvalue weighted by atomic mass is 10.1. The van der Waals surface area contributed by atoms with E-state index >= 15 is 0 Å². The van der Waals surface area contributed by atoms with Gasteiger partial charge >= 0.3 is 0 Å². The van der Waals surface area contributed by atoms with E-state index in [-0.39, 0.29) is 29.6 Å². The first-order valence-corrected chi connectivity index (χ1v) is 6.80. The summed E-state index contributed by atoms with van der Waals surface area (Å²) in [6.07, 6.45) is 0. The van der Waals surface area contributed by atoms with E-state index < -0.39 is 5.82 Å². The second-order valence-corrected chi connectivity index (χ2v) is 4.75. The number of amides is 1. The number of rotatable bonds is 6. The molecule has 0 aliphatic rings. The molecule has 0 radical (unpaired) electrons. The zero-order valence-electron chi connectivity index (χ0n) is 12.1. The maximum atomic E-state index is 13.1. The number of halogens is 1. The Balaban J connectivity index is 1.90. The SMILES string of the molecule is CC(=O)c1cc(F)ccc1OCC(=O)NCc1ccccc1. The number of hydrogen-bond acceptors (Lipinski definition) is 3. The Morgan fingerprint density at radius 3 is 2.55 bits per heavy atom. The molecule has 22 heavy (non-hydrogen) atoms. The monoisotopic (exact) mass is 301 g/mol. The molecule has 0 aliphatic carbocycles. The van der Waals surface area contributed by atoms with Gasteiger partial charge in [0.1, 0.15) is 11.6 Å². The number of nitrogens with one attached hydrogen (secondary N) is 1. The van der Waals surface area contributed by atoms with Gasteiger partial charge < -0.3 is 10.1 Å². The Bertz CT molecular complexity index is 671. The molecule has 2 aromatic rings. The fourth-order valence-electron chi connectivity index (χ4n) is 1.89. The van der Waals surface area contributed by atoms with Gasteiger partial charge in [-0.1, -0.05) is 30.3 Å². The second-order valence-electron chi connectivity index (χ2n) is 4.75. The summed E-state index contributed by atoms with van der Waals surface area (Å²) in [5, 5.41) is 2.71. The molecule has 0 heterocycles. The molecule has 0 aliphatic heterocycles. The summed E-state index contributed by atoms with van der Waals surface area (Å²) in [6, 6.07) is 13.1. The maximum Gasteiger partial charge on any atom is 0.258 e. The van der Waals surface area contributed by atoms with Crippen LogP contribution in [0.15, 0.2) is 48.5 Å². The van der Waals surface area contributed by atoms with E-state index in [2.05, 4.69) is 5.32 Å². The Hall–Kier alpha value is -2.69. The Kier molecular flexibility index (Phi) is 5.25. The van der Waals surface area contributed by atoms with E-state index in [1.165, 1.54) is 19.1 Å². The van der Waals surface area contributed by atoms with Crippen molar-refractivity contribution in [1.29, 1.82) is 0 Å². The van der Waals surface area contributed by atoms with Crippen molar-refractivity contribution in [2.45, 2.75) is 13.5 Å². The van der Waals surface area contributed by atoms with Gasteiger partial charge in [-0.15, -0.1) is 0 Å². The van der Waals surface area contributed by atoms with Crippen LogP contribution in [0.3, 0.4) is 0 Å². The molecule has 0 spiro atoms. The number of carbonyl (C=O) groups excluding carboxylic acids is 2. The molecular formula is C17H16FNO3. The van der Waals surface area contributed by atoms with Crippen LogP contribution in [-0.2, 0) is 11.3 Å². The standard InChI is InChI=1S/C17H16FNO3/c1-12(20)15-9-14(18)7-8-16(15)22-11-17(21)19-10-13-5-3-2-4-6-13/h2-9H,10-11H2,1H3,(H,19,21). The van der Waals surface area contributed by atoms with E-state index in [0.29, 0.717) is 6.54 Å². The van der Waals surface area contributed by atoms with Gasteiger partial charge in [-0.3, -0.25) is 9.59 Å². The molecule has 0 unspecified atom stereocenters. The lowest BCUT2D eigenvalue weighted by molar-refractivity contribution is -0.123. The van der Waals surface area contributed by atoms with Crippen molar-refractivity contribution in [2.24, 2.45) is 0 Å². The van der Waals surface area contributed by atoms with Gasteiger partial charge in [0.05, 0.1) is 5.56 Å². The number of carbonyl (C=O) groups is 2. The van der Waals surface area contributed by atoms with Crippen molar-refractivity contribution < 1.29 is 18.7 Å². The summed E-state index contributed by atoms with van der Waals surface area (Å²) >= 11 is 0. The zero-order chi connectivity index (χ0) is 15.9. The predicted octanol–water partition coefficient (Wildman–Crippen LogP) is 2.72. The molecule has 5 heteroatoms. The highest BCUT2D eigenvalue weighted by Crippen LogP contribution is 2.20. The normalized spacial score (nSPS) is 10.1. The van der Waals surface area contributed by atoms with Crippen molar-refractivity contribution in [3.63, 3.8) is 0 Å². The first kappa shape index (κ1) is 15.7. The van der Waals surface area contributed by atoms with Crippen LogP contribution in [0.4, 0.5) is 4.39 Å². The van der Waals surface area contributed by atoms with Crippen molar-refractivity contribution in [2.75, 3.05) is 6.61 Å². The third kappa shape index (κ3) is 4.41. The molecule has 1 amide bonds. The third-order valence-electron chi connectivity index (χ3n) is 3.01. The maximum absolute atomic E-state index is 13.1. The summed E-state index contributed by atoms with van der Waals surface area (Å²) in [6.45, 7) is 1.47. The number of benzene rings is 2. The average molecular weight is 301 g/mol. The van der Waals surface area contributed by atoms with Gasteiger partial charge in [0.25, 0.3) is 5.91 Å². The molecule has 0 aromatic heterocycles. The molecule has 0 fully saturated rings. The number of ether oxygens (including phenoxy) is 1. The minimum Gasteiger partial charge on any atom is -0.483 e. The van der Waals surface area contributed by atoms with E-state index in [1.54, 1.807) is 0 Å². The largest absolute Gasteiger partial charge is 0.483 e. The van der Waals surface area contributed by atoms with Crippen molar-refractivity contribution in [3.8, 4) is 5.75 Å². The van der Waals surface area contributed by atoms with E-state index in [0.717, 1.165) is 11.6 Å². The number of hydrogen-bond donors (Lipinski definition) is 1. The highest BCUT2D eigenvalue weighted by molar-refractivity contribution is 5.96. The second kappa shape index (κ2) is 7.36. The van der Waals surface area contributed by atoms with Crippen LogP contribution < -0.4 is 10.1 Å². The highest BCUT2D eigenvalue weighted by atomic mass is 19.1. The molecule has 2 rings (SSSR count). The van der Waals surface area contributed by atoms with Crippen molar-refractivity contribution in [1.82, 2.24) is 5.32 Å². The Labute approximate surface area is 127 Å². The fourth-order valence-corrected chi connectivity index (χ4v) is 1.89. The molecular weight excluding hydrogens is 285 g/mol. The summed E-state index contributed by atoms with van der Waals surface area (Å²) in [7, 11) is 0. The van der Waals surface area contributed by atoms with Crippen LogP contribution in [-0.4, -0.2) is 18.3 Å². The molecule has 0 saturated carbocycles. The minimum atomic E-state index is -0.522. The number of ketones is 1. The molecule has 0 atom stereocenters. The van der Waals surface area contributed by atoms with E-state index in [4.69, 9.17) is 4.74 Å². The lowest BCUT2D eigenvalue weighted by Gasteiger charge is -2.10. The zero-order valence-corrected chi connectivity index (χ0v) is 12.1. The van der Waals surface area contributed by atoms with Gasteiger partial charge in [-0.05, 0) is 30.7 Å². The van der Waals surface area contributed by atoms with E-state index in [9.17, 15) is 14.0 Å². The first-order chi connectivity index (χ1) is 10.6. The molecule has 2 aromatic carbocycles. The first-order valence-electron chi connectivity index (χ1n) is 6.80. The minimum absolute atomic E-state index is 0.121. The van der Waals surface area contributed by atoms with Gasteiger partial charge in [-0.25, -0.2) is 4.39 Å². The van der Waals surface area contributed by atoms with Gasteiger partial charge in [0.15, 0.2) is 12.4 Å². The van der Waals surface area contributed by atoms with Crippen LogP contribution in [0.2, 0.25) is 0 Å². The summed E-state index contributed by atoms with van der Waals surface area (Å²) in [5.41, 5.74) is 1.10. The predicted molar refractivity (Wildman–Crippen MR) is 80.2 cm³/mol. The topological polar surface area (TPSA) is 55.4 Å². The molecule has 114 valence electrons. The molecule has 0 bridgehead atoms. The summed E-state index contributed by atoms with van der Waals surface area (Å²) < 4.78 is 18.4. The third-order valence-corrected chi connectivity index (χ3v) is 3.01. The summed E-state index contributed by atoms with van der Waals surface area (Å²) in [5.74, 6) is -0.961.